The van der Waals surface area contributed by atoms with E-state index in [-0.39, 0.29) is 40.7 Å². The Kier molecular flexibility index (Phi) is 7.01. The Morgan fingerprint density at radius 1 is 1.32 bits per heavy atom. The number of carbonyl (C=O) groups excluding carboxylic acids is 1. The number of halogens is 3. The van der Waals surface area contributed by atoms with Gasteiger partial charge < -0.3 is 34.1 Å². The summed E-state index contributed by atoms with van der Waals surface area (Å²) in [4.78, 5) is 26.9. The van der Waals surface area contributed by atoms with Crippen molar-refractivity contribution < 1.29 is 32.9 Å². The summed E-state index contributed by atoms with van der Waals surface area (Å²) in [7, 11) is 1.34. The van der Waals surface area contributed by atoms with Gasteiger partial charge in [0.2, 0.25) is 5.95 Å². The minimum atomic E-state index is -1.56. The number of alkyl halides is 1. The quantitative estimate of drug-likeness (QED) is 0.467. The molecule has 3 saturated heterocycles. The molecule has 2 aromatic heterocycles. The van der Waals surface area contributed by atoms with Gasteiger partial charge in [-0.1, -0.05) is 11.6 Å². The molecule has 40 heavy (non-hydrogen) atoms. The van der Waals surface area contributed by atoms with Crippen LogP contribution in [-0.2, 0) is 14.2 Å². The summed E-state index contributed by atoms with van der Waals surface area (Å²) in [6.45, 7) is 4.94. The first-order chi connectivity index (χ1) is 19.2. The van der Waals surface area contributed by atoms with Crippen LogP contribution in [0.1, 0.15) is 38.1 Å². The van der Waals surface area contributed by atoms with Crippen LogP contribution in [0.4, 0.5) is 19.5 Å². The lowest BCUT2D eigenvalue weighted by atomic mass is 9.99. The number of fused-ring (bicyclic) bond motifs is 3. The molecule has 3 aliphatic rings. The van der Waals surface area contributed by atoms with Gasteiger partial charge in [0.1, 0.15) is 23.5 Å². The van der Waals surface area contributed by atoms with E-state index in [2.05, 4.69) is 20.3 Å². The SMILES string of the molecule is COC(=O)N1CC[C@@H](c2nc3c(F)cc(-c4nc(N[C@H]5[C@H](O)[C@@H]6OC[C@@H](O6)[C@H]5F)ncc4Cl)cc3n2C(C)C)C1. The van der Waals surface area contributed by atoms with E-state index in [9.17, 15) is 14.3 Å². The zero-order valence-corrected chi connectivity index (χ0v) is 22.8. The zero-order valence-electron chi connectivity index (χ0n) is 22.1. The topological polar surface area (TPSA) is 124 Å². The molecule has 0 aliphatic carbocycles. The van der Waals surface area contributed by atoms with Crippen LogP contribution in [0.5, 0.6) is 0 Å². The summed E-state index contributed by atoms with van der Waals surface area (Å²) in [5, 5.41) is 13.5. The van der Waals surface area contributed by atoms with Crippen LogP contribution in [0.15, 0.2) is 18.3 Å². The Balaban J connectivity index is 1.35. The zero-order chi connectivity index (χ0) is 28.3. The molecule has 0 radical (unpaired) electrons. The molecule has 2 bridgehead atoms. The summed E-state index contributed by atoms with van der Waals surface area (Å²) < 4.78 is 47.9. The summed E-state index contributed by atoms with van der Waals surface area (Å²) in [5.41, 5.74) is 1.36. The number of anilines is 1. The van der Waals surface area contributed by atoms with E-state index in [1.54, 1.807) is 11.0 Å². The van der Waals surface area contributed by atoms with Crippen molar-refractivity contribution in [3.05, 3.63) is 35.0 Å². The van der Waals surface area contributed by atoms with Gasteiger partial charge in [-0.25, -0.2) is 28.5 Å². The highest BCUT2D eigenvalue weighted by Crippen LogP contribution is 2.37. The summed E-state index contributed by atoms with van der Waals surface area (Å²) in [5.74, 6) is 0.0503. The maximum Gasteiger partial charge on any atom is 0.409 e. The van der Waals surface area contributed by atoms with Crippen LogP contribution < -0.4 is 5.32 Å². The van der Waals surface area contributed by atoms with Crippen molar-refractivity contribution in [3.63, 3.8) is 0 Å². The third-order valence-electron chi connectivity index (χ3n) is 7.67. The first kappa shape index (κ1) is 27.1. The third kappa shape index (κ3) is 4.54. The van der Waals surface area contributed by atoms with E-state index in [0.29, 0.717) is 36.4 Å². The monoisotopic (exact) mass is 578 g/mol. The lowest BCUT2D eigenvalue weighted by molar-refractivity contribution is -0.175. The molecule has 6 rings (SSSR count). The van der Waals surface area contributed by atoms with E-state index in [1.165, 1.54) is 19.4 Å². The van der Waals surface area contributed by atoms with Crippen molar-refractivity contribution in [3.8, 4) is 11.3 Å². The number of carbonyl (C=O) groups is 1. The molecule has 1 aromatic carbocycles. The number of aliphatic hydroxyl groups is 1. The highest BCUT2D eigenvalue weighted by Gasteiger charge is 2.51. The first-order valence-electron chi connectivity index (χ1n) is 13.1. The fourth-order valence-corrected chi connectivity index (χ4v) is 5.93. The number of nitrogens with zero attached hydrogens (tertiary/aromatic N) is 5. The number of rotatable bonds is 5. The van der Waals surface area contributed by atoms with Gasteiger partial charge in [0, 0.05) is 30.6 Å². The molecule has 14 heteroatoms. The van der Waals surface area contributed by atoms with E-state index in [4.69, 9.17) is 25.8 Å². The van der Waals surface area contributed by atoms with Crippen molar-refractivity contribution in [2.45, 2.75) is 62.9 Å². The van der Waals surface area contributed by atoms with Crippen molar-refractivity contribution in [2.24, 2.45) is 0 Å². The van der Waals surface area contributed by atoms with Crippen molar-refractivity contribution in [1.29, 1.82) is 0 Å². The fraction of sp³-hybridized carbons (Fsp3) is 0.538. The smallest absolute Gasteiger partial charge is 0.409 e. The standard InChI is InChI=1S/C26H29ClF2N6O5/c1-11(2)35-16-7-13(6-15(28)20(16)31-23(35)12-4-5-34(9-12)26(37)38-3)19-14(27)8-30-25(32-19)33-21-18(29)17-10-39-24(40-17)22(21)36/h6-8,11-12,17-18,21-22,24,36H,4-5,9-10H2,1-3H3,(H,30,32,33)/t12-,17-,18-,21-,22+,24-/m1/s1. The number of hydrogen-bond acceptors (Lipinski definition) is 9. The minimum absolute atomic E-state index is 0.0137. The molecule has 3 fully saturated rings. The molecule has 1 amide bonds. The summed E-state index contributed by atoms with van der Waals surface area (Å²) in [6.07, 6.45) is -2.99. The van der Waals surface area contributed by atoms with Crippen LogP contribution in [-0.4, -0.2) is 93.1 Å². The number of methoxy groups -OCH3 is 1. The largest absolute Gasteiger partial charge is 0.453 e. The third-order valence-corrected chi connectivity index (χ3v) is 7.95. The number of likely N-dealkylation sites (tertiary alicyclic amines) is 1. The molecule has 0 spiro atoms. The van der Waals surface area contributed by atoms with Crippen molar-refractivity contribution in [1.82, 2.24) is 24.4 Å². The number of imidazole rings is 1. The molecular formula is C26H29ClF2N6O5. The fourth-order valence-electron chi connectivity index (χ4n) is 5.73. The second-order valence-electron chi connectivity index (χ2n) is 10.5. The van der Waals surface area contributed by atoms with Gasteiger partial charge in [0.25, 0.3) is 0 Å². The van der Waals surface area contributed by atoms with Gasteiger partial charge in [0.15, 0.2) is 18.3 Å². The van der Waals surface area contributed by atoms with Crippen molar-refractivity contribution in [2.75, 3.05) is 32.1 Å². The average Bonchev–Trinajstić information content (AvgIpc) is 3.68. The molecule has 3 aliphatic heterocycles. The Morgan fingerprint density at radius 3 is 2.88 bits per heavy atom. The number of ether oxygens (including phenoxy) is 3. The highest BCUT2D eigenvalue weighted by atomic mass is 35.5. The van der Waals surface area contributed by atoms with Crippen LogP contribution in [0.3, 0.4) is 0 Å². The van der Waals surface area contributed by atoms with Crippen LogP contribution in [0, 0.1) is 5.82 Å². The van der Waals surface area contributed by atoms with E-state index >= 15 is 4.39 Å². The average molecular weight is 579 g/mol. The number of aliphatic hydroxyl groups excluding tert-OH is 1. The summed E-state index contributed by atoms with van der Waals surface area (Å²) >= 11 is 6.45. The predicted molar refractivity (Wildman–Crippen MR) is 140 cm³/mol. The normalized spacial score (nSPS) is 28.1. The summed E-state index contributed by atoms with van der Waals surface area (Å²) in [6, 6.07) is 1.93. The number of benzene rings is 1. The van der Waals surface area contributed by atoms with Crippen molar-refractivity contribution >= 4 is 34.7 Å². The van der Waals surface area contributed by atoms with E-state index < -0.39 is 42.6 Å². The van der Waals surface area contributed by atoms with Crippen LogP contribution >= 0.6 is 11.6 Å². The van der Waals surface area contributed by atoms with Gasteiger partial charge >= 0.3 is 6.09 Å². The molecule has 0 saturated carbocycles. The van der Waals surface area contributed by atoms with Gasteiger partial charge in [-0.3, -0.25) is 0 Å². The Labute approximate surface area is 233 Å². The van der Waals surface area contributed by atoms with E-state index in [0.717, 1.165) is 0 Å². The first-order valence-corrected chi connectivity index (χ1v) is 13.5. The van der Waals surface area contributed by atoms with Crippen LogP contribution in [0.25, 0.3) is 22.3 Å². The van der Waals surface area contributed by atoms with Crippen LogP contribution in [0.2, 0.25) is 5.02 Å². The predicted octanol–water partition coefficient (Wildman–Crippen LogP) is 3.66. The minimum Gasteiger partial charge on any atom is -0.453 e. The van der Waals surface area contributed by atoms with Gasteiger partial charge in [-0.05, 0) is 32.4 Å². The van der Waals surface area contributed by atoms with E-state index in [1.807, 2.05) is 18.4 Å². The number of hydrogen-bond donors (Lipinski definition) is 2. The molecule has 11 nitrogen and oxygen atoms in total. The number of amides is 1. The maximum atomic E-state index is 15.6. The molecule has 3 aromatic rings. The van der Waals surface area contributed by atoms with Gasteiger partial charge in [-0.15, -0.1) is 0 Å². The second kappa shape index (κ2) is 10.4. The van der Waals surface area contributed by atoms with Gasteiger partial charge in [-0.2, -0.15) is 0 Å². The molecular weight excluding hydrogens is 550 g/mol. The van der Waals surface area contributed by atoms with Gasteiger partial charge in [0.05, 0.1) is 42.2 Å². The Bertz CT molecular complexity index is 1440. The maximum absolute atomic E-state index is 15.6. The number of nitrogens with one attached hydrogen (secondary N) is 1. The molecule has 214 valence electrons. The molecule has 0 unspecified atom stereocenters. The molecule has 2 N–H and O–H groups in total. The Hall–Kier alpha value is -3.13. The molecule has 6 atom stereocenters. The lowest BCUT2D eigenvalue weighted by Gasteiger charge is -2.34. The molecule has 5 heterocycles. The number of aromatic nitrogens is 4. The highest BCUT2D eigenvalue weighted by molar-refractivity contribution is 6.33. The Morgan fingerprint density at radius 2 is 2.12 bits per heavy atom. The second-order valence-corrected chi connectivity index (χ2v) is 10.9. The lowest BCUT2D eigenvalue weighted by Crippen LogP contribution is -2.55.